The molecule has 0 spiro atoms. The lowest BCUT2D eigenvalue weighted by Gasteiger charge is -2.56. The molecule has 0 saturated heterocycles. The van der Waals surface area contributed by atoms with E-state index in [2.05, 4.69) is 20.8 Å². The van der Waals surface area contributed by atoms with Gasteiger partial charge in [0.05, 0.1) is 17.4 Å². The summed E-state index contributed by atoms with van der Waals surface area (Å²) in [6.07, 6.45) is 7.42. The van der Waals surface area contributed by atoms with Gasteiger partial charge >= 0.3 is 0 Å². The van der Waals surface area contributed by atoms with E-state index in [1.807, 2.05) is 0 Å². The lowest BCUT2D eigenvalue weighted by Crippen LogP contribution is -2.60. The van der Waals surface area contributed by atoms with E-state index in [4.69, 9.17) is 0 Å². The summed E-state index contributed by atoms with van der Waals surface area (Å²) >= 11 is 1.34. The molecule has 0 aliphatic heterocycles. The Morgan fingerprint density at radius 2 is 1.79 bits per heavy atom. The van der Waals surface area contributed by atoms with Crippen molar-refractivity contribution >= 4 is 23.6 Å². The Balaban J connectivity index is 1.17. The fourth-order valence-corrected chi connectivity index (χ4v) is 7.26. The predicted octanol–water partition coefficient (Wildman–Crippen LogP) is 3.62. The molecule has 33 heavy (non-hydrogen) atoms. The minimum Gasteiger partial charge on any atom is -0.350 e. The Hall–Kier alpha value is -2.42. The summed E-state index contributed by atoms with van der Waals surface area (Å²) in [6, 6.07) is 5.39. The minimum atomic E-state index is -0.568. The van der Waals surface area contributed by atoms with E-state index in [-0.39, 0.29) is 22.8 Å². The number of halogens is 1. The Morgan fingerprint density at radius 3 is 2.42 bits per heavy atom. The summed E-state index contributed by atoms with van der Waals surface area (Å²) in [5.74, 6) is 2.15. The van der Waals surface area contributed by atoms with Gasteiger partial charge in [0.25, 0.3) is 5.91 Å². The molecular weight excluding hydrogens is 441 g/mol. The van der Waals surface area contributed by atoms with Crippen molar-refractivity contribution in [3.8, 4) is 0 Å². The average molecular weight is 472 g/mol. The van der Waals surface area contributed by atoms with Crippen molar-refractivity contribution in [3.05, 3.63) is 41.5 Å². The highest BCUT2D eigenvalue weighted by atomic mass is 32.2. The number of carbonyl (C=O) groups is 2. The lowest BCUT2D eigenvalue weighted by molar-refractivity contribution is -0.124. The molecular formula is C24H30FN5O2S. The number of rotatable bonds is 7. The number of benzene rings is 1. The van der Waals surface area contributed by atoms with E-state index in [9.17, 15) is 14.0 Å². The topological polar surface area (TPSA) is 88.9 Å². The van der Waals surface area contributed by atoms with Crippen molar-refractivity contribution in [2.24, 2.45) is 24.8 Å². The van der Waals surface area contributed by atoms with Crippen LogP contribution in [0.15, 0.2) is 29.4 Å². The first-order valence-corrected chi connectivity index (χ1v) is 12.7. The zero-order chi connectivity index (χ0) is 23.2. The quantitative estimate of drug-likeness (QED) is 0.602. The van der Waals surface area contributed by atoms with Crippen LogP contribution in [0.1, 0.15) is 67.7 Å². The van der Waals surface area contributed by atoms with Crippen molar-refractivity contribution in [3.63, 3.8) is 0 Å². The van der Waals surface area contributed by atoms with Crippen LogP contribution >= 0.6 is 11.8 Å². The van der Waals surface area contributed by atoms with E-state index in [1.165, 1.54) is 43.2 Å². The van der Waals surface area contributed by atoms with Crippen molar-refractivity contribution in [1.82, 2.24) is 25.4 Å². The van der Waals surface area contributed by atoms with Gasteiger partial charge in [-0.15, -0.1) is 10.2 Å². The maximum absolute atomic E-state index is 13.9. The second-order valence-corrected chi connectivity index (χ2v) is 11.1. The summed E-state index contributed by atoms with van der Waals surface area (Å²) in [4.78, 5) is 25.2. The molecule has 4 bridgehead atoms. The SMILES string of the molecule is C[C@@H](NC(=O)c1ccccc1F)c1nnc(SCC(=O)NC23CC4CC(CC(C4)C2)C3)n1C. The van der Waals surface area contributed by atoms with E-state index in [0.29, 0.717) is 11.0 Å². The van der Waals surface area contributed by atoms with Gasteiger partial charge in [-0.25, -0.2) is 4.39 Å². The van der Waals surface area contributed by atoms with Crippen LogP contribution < -0.4 is 10.6 Å². The van der Waals surface area contributed by atoms with Gasteiger partial charge in [0, 0.05) is 12.6 Å². The van der Waals surface area contributed by atoms with Crippen LogP contribution in [0, 0.1) is 23.6 Å². The fraction of sp³-hybridized carbons (Fsp3) is 0.583. The van der Waals surface area contributed by atoms with Crippen LogP contribution in [0.4, 0.5) is 4.39 Å². The smallest absolute Gasteiger partial charge is 0.254 e. The molecule has 1 heterocycles. The number of nitrogens with zero attached hydrogens (tertiary/aromatic N) is 3. The Bertz CT molecular complexity index is 1040. The zero-order valence-electron chi connectivity index (χ0n) is 19.0. The maximum atomic E-state index is 13.9. The molecule has 7 nitrogen and oxygen atoms in total. The molecule has 1 aromatic heterocycles. The van der Waals surface area contributed by atoms with Gasteiger partial charge in [0.15, 0.2) is 11.0 Å². The highest BCUT2D eigenvalue weighted by molar-refractivity contribution is 7.99. The molecule has 1 aromatic carbocycles. The van der Waals surface area contributed by atoms with Crippen LogP contribution in [0.3, 0.4) is 0 Å². The molecule has 1 atom stereocenters. The number of amides is 2. The van der Waals surface area contributed by atoms with Crippen molar-refractivity contribution in [2.75, 3.05) is 5.75 Å². The number of aromatic nitrogens is 3. The monoisotopic (exact) mass is 471 g/mol. The van der Waals surface area contributed by atoms with Crippen LogP contribution in [0.5, 0.6) is 0 Å². The minimum absolute atomic E-state index is 0.00293. The Kier molecular flexibility index (Phi) is 5.93. The average Bonchev–Trinajstić information content (AvgIpc) is 3.11. The standard InChI is InChI=1S/C24H30FN5O2S/c1-14(26-22(32)18-5-3-4-6-19(18)25)21-28-29-23(30(21)2)33-13-20(31)27-24-10-15-7-16(11-24)9-17(8-15)12-24/h3-6,14-17H,7-13H2,1-2H3,(H,26,32)(H,27,31)/t14-,15?,16?,17?,24?/m1/s1. The van der Waals surface area contributed by atoms with Gasteiger partial charge in [0.1, 0.15) is 5.82 Å². The number of carbonyl (C=O) groups excluding carboxylic acids is 2. The van der Waals surface area contributed by atoms with Crippen LogP contribution in [-0.4, -0.2) is 37.9 Å². The third-order valence-corrected chi connectivity index (χ3v) is 8.52. The maximum Gasteiger partial charge on any atom is 0.254 e. The first-order chi connectivity index (χ1) is 15.8. The summed E-state index contributed by atoms with van der Waals surface area (Å²) < 4.78 is 15.7. The molecule has 176 valence electrons. The summed E-state index contributed by atoms with van der Waals surface area (Å²) in [7, 11) is 1.81. The zero-order valence-corrected chi connectivity index (χ0v) is 19.8. The Labute approximate surface area is 197 Å². The molecule has 2 aromatic rings. The van der Waals surface area contributed by atoms with Gasteiger partial charge < -0.3 is 15.2 Å². The largest absolute Gasteiger partial charge is 0.350 e. The normalized spacial score (nSPS) is 28.5. The Morgan fingerprint density at radius 1 is 1.15 bits per heavy atom. The number of hydrogen-bond donors (Lipinski definition) is 2. The van der Waals surface area contributed by atoms with E-state index >= 15 is 0 Å². The van der Waals surface area contributed by atoms with Gasteiger partial charge in [-0.1, -0.05) is 23.9 Å². The molecule has 2 N–H and O–H groups in total. The molecule has 4 fully saturated rings. The summed E-state index contributed by atoms with van der Waals surface area (Å²) in [5.41, 5.74) is -0.00868. The predicted molar refractivity (Wildman–Crippen MR) is 123 cm³/mol. The van der Waals surface area contributed by atoms with Crippen molar-refractivity contribution in [1.29, 1.82) is 0 Å². The number of hydrogen-bond acceptors (Lipinski definition) is 5. The van der Waals surface area contributed by atoms with Crippen LogP contribution in [-0.2, 0) is 11.8 Å². The second-order valence-electron chi connectivity index (χ2n) is 10.1. The highest BCUT2D eigenvalue weighted by Crippen LogP contribution is 2.55. The summed E-state index contributed by atoms with van der Waals surface area (Å²) in [6.45, 7) is 1.77. The van der Waals surface area contributed by atoms with Crippen molar-refractivity contribution in [2.45, 2.75) is 62.2 Å². The fourth-order valence-electron chi connectivity index (χ4n) is 6.54. The molecule has 9 heteroatoms. The first kappa shape index (κ1) is 22.4. The van der Waals surface area contributed by atoms with Gasteiger partial charge in [-0.2, -0.15) is 0 Å². The molecule has 4 aliphatic carbocycles. The van der Waals surface area contributed by atoms with E-state index in [0.717, 1.165) is 37.0 Å². The van der Waals surface area contributed by atoms with Gasteiger partial charge in [0.2, 0.25) is 5.91 Å². The number of thioether (sulfide) groups is 1. The molecule has 0 unspecified atom stereocenters. The molecule has 6 rings (SSSR count). The number of nitrogens with one attached hydrogen (secondary N) is 2. The van der Waals surface area contributed by atoms with Gasteiger partial charge in [-0.05, 0) is 75.3 Å². The van der Waals surface area contributed by atoms with Crippen molar-refractivity contribution < 1.29 is 14.0 Å². The van der Waals surface area contributed by atoms with E-state index < -0.39 is 17.8 Å². The first-order valence-electron chi connectivity index (χ1n) is 11.7. The molecule has 0 radical (unpaired) electrons. The third kappa shape index (κ3) is 4.52. The highest BCUT2D eigenvalue weighted by Gasteiger charge is 2.51. The van der Waals surface area contributed by atoms with E-state index in [1.54, 1.807) is 30.7 Å². The molecule has 4 saturated carbocycles. The third-order valence-electron chi connectivity index (χ3n) is 7.50. The second kappa shape index (κ2) is 8.74. The van der Waals surface area contributed by atoms with Crippen LogP contribution in [0.2, 0.25) is 0 Å². The molecule has 4 aliphatic rings. The lowest BCUT2D eigenvalue weighted by atomic mass is 9.53. The summed E-state index contributed by atoms with van der Waals surface area (Å²) in [5, 5.41) is 15.2. The molecule has 2 amide bonds. The van der Waals surface area contributed by atoms with Gasteiger partial charge in [-0.3, -0.25) is 9.59 Å². The van der Waals surface area contributed by atoms with Crippen LogP contribution in [0.25, 0.3) is 0 Å².